The highest BCUT2D eigenvalue weighted by Gasteiger charge is 2.15. The van der Waals surface area contributed by atoms with Gasteiger partial charge in [0.25, 0.3) is 0 Å². The molecule has 90 valence electrons. The highest BCUT2D eigenvalue weighted by molar-refractivity contribution is 4.73. The van der Waals surface area contributed by atoms with E-state index >= 15 is 0 Å². The fourth-order valence-corrected chi connectivity index (χ4v) is 1.92. The second-order valence-corrected chi connectivity index (χ2v) is 4.39. The van der Waals surface area contributed by atoms with E-state index < -0.39 is 0 Å². The van der Waals surface area contributed by atoms with Gasteiger partial charge in [-0.05, 0) is 26.3 Å². The molecule has 0 radical (unpaired) electrons. The zero-order valence-corrected chi connectivity index (χ0v) is 10.3. The molecule has 1 unspecified atom stereocenters. The summed E-state index contributed by atoms with van der Waals surface area (Å²) in [7, 11) is 0. The van der Waals surface area contributed by atoms with Gasteiger partial charge in [-0.1, -0.05) is 13.3 Å². The third-order valence-electron chi connectivity index (χ3n) is 3.10. The zero-order chi connectivity index (χ0) is 10.9. The molecule has 0 saturated carbocycles. The van der Waals surface area contributed by atoms with Gasteiger partial charge in [-0.15, -0.1) is 0 Å². The van der Waals surface area contributed by atoms with Crippen LogP contribution in [-0.4, -0.2) is 50.3 Å². The number of nitrogens with one attached hydrogen (secondary N) is 1. The van der Waals surface area contributed by atoms with Gasteiger partial charge in [0.05, 0.1) is 6.61 Å². The monoisotopic (exact) mass is 214 g/mol. The fourth-order valence-electron chi connectivity index (χ4n) is 1.92. The first-order chi connectivity index (χ1) is 7.34. The van der Waals surface area contributed by atoms with Crippen LogP contribution in [0.25, 0.3) is 0 Å². The molecule has 1 N–H and O–H groups in total. The van der Waals surface area contributed by atoms with Crippen molar-refractivity contribution in [2.75, 3.05) is 39.4 Å². The van der Waals surface area contributed by atoms with Crippen LogP contribution >= 0.6 is 0 Å². The predicted octanol–water partition coefficient (Wildman–Crippen LogP) is 1.49. The summed E-state index contributed by atoms with van der Waals surface area (Å²) in [5, 5.41) is 3.44. The summed E-state index contributed by atoms with van der Waals surface area (Å²) >= 11 is 0. The lowest BCUT2D eigenvalue weighted by Crippen LogP contribution is -2.36. The lowest BCUT2D eigenvalue weighted by Gasteiger charge is -2.26. The van der Waals surface area contributed by atoms with Crippen molar-refractivity contribution in [1.82, 2.24) is 10.2 Å². The first-order valence-electron chi connectivity index (χ1n) is 6.37. The number of nitrogens with zero attached hydrogens (tertiary/aromatic N) is 1. The van der Waals surface area contributed by atoms with Crippen molar-refractivity contribution in [3.8, 4) is 0 Å². The van der Waals surface area contributed by atoms with E-state index in [-0.39, 0.29) is 0 Å². The molecule has 0 aliphatic carbocycles. The normalized spacial score (nSPS) is 24.0. The van der Waals surface area contributed by atoms with E-state index in [1.165, 1.54) is 19.3 Å². The van der Waals surface area contributed by atoms with Gasteiger partial charge in [-0.25, -0.2) is 0 Å². The van der Waals surface area contributed by atoms with Crippen LogP contribution in [0, 0.1) is 0 Å². The molecular formula is C12H26N2O. The Morgan fingerprint density at radius 2 is 2.20 bits per heavy atom. The van der Waals surface area contributed by atoms with Gasteiger partial charge in [0.15, 0.2) is 0 Å². The average Bonchev–Trinajstić information content (AvgIpc) is 2.44. The van der Waals surface area contributed by atoms with Crippen molar-refractivity contribution in [3.05, 3.63) is 0 Å². The molecule has 3 heteroatoms. The third-order valence-corrected chi connectivity index (χ3v) is 3.10. The van der Waals surface area contributed by atoms with Crippen LogP contribution in [0.1, 0.15) is 33.1 Å². The summed E-state index contributed by atoms with van der Waals surface area (Å²) < 4.78 is 5.60. The molecule has 1 heterocycles. The van der Waals surface area contributed by atoms with Crippen LogP contribution < -0.4 is 5.32 Å². The minimum absolute atomic E-state index is 0.703. The van der Waals surface area contributed by atoms with E-state index in [0.29, 0.717) is 6.04 Å². The summed E-state index contributed by atoms with van der Waals surface area (Å²) in [5.74, 6) is 0. The van der Waals surface area contributed by atoms with Gasteiger partial charge in [0, 0.05) is 32.3 Å². The second kappa shape index (κ2) is 8.08. The number of hydrogen-bond acceptors (Lipinski definition) is 3. The molecule has 0 aromatic heterocycles. The van der Waals surface area contributed by atoms with Crippen LogP contribution in [0.5, 0.6) is 0 Å². The number of ether oxygens (including phenoxy) is 1. The van der Waals surface area contributed by atoms with Crippen LogP contribution in [0.15, 0.2) is 0 Å². The Morgan fingerprint density at radius 1 is 1.33 bits per heavy atom. The molecule has 0 bridgehead atoms. The van der Waals surface area contributed by atoms with Crippen molar-refractivity contribution in [1.29, 1.82) is 0 Å². The Hall–Kier alpha value is -0.120. The molecule has 0 aromatic carbocycles. The van der Waals surface area contributed by atoms with Gasteiger partial charge >= 0.3 is 0 Å². The molecule has 0 spiro atoms. The van der Waals surface area contributed by atoms with Crippen LogP contribution in [0.2, 0.25) is 0 Å². The number of rotatable bonds is 6. The highest BCUT2D eigenvalue weighted by atomic mass is 16.5. The third kappa shape index (κ3) is 5.50. The average molecular weight is 214 g/mol. The molecule has 0 aromatic rings. The quantitative estimate of drug-likeness (QED) is 0.678. The van der Waals surface area contributed by atoms with Crippen molar-refractivity contribution in [2.24, 2.45) is 0 Å². The summed E-state index contributed by atoms with van der Waals surface area (Å²) in [6, 6.07) is 0.703. The minimum Gasteiger partial charge on any atom is -0.380 e. The second-order valence-electron chi connectivity index (χ2n) is 4.39. The molecule has 3 nitrogen and oxygen atoms in total. The Bertz CT molecular complexity index is 153. The van der Waals surface area contributed by atoms with E-state index in [4.69, 9.17) is 4.74 Å². The van der Waals surface area contributed by atoms with Gasteiger partial charge in [-0.2, -0.15) is 0 Å². The summed E-state index contributed by atoms with van der Waals surface area (Å²) in [6.07, 6.45) is 3.68. The Morgan fingerprint density at radius 3 is 3.00 bits per heavy atom. The number of unbranched alkanes of at least 4 members (excludes halogenated alkanes) is 1. The molecule has 15 heavy (non-hydrogen) atoms. The molecular weight excluding hydrogens is 188 g/mol. The van der Waals surface area contributed by atoms with Crippen molar-refractivity contribution in [2.45, 2.75) is 39.2 Å². The van der Waals surface area contributed by atoms with Crippen LogP contribution in [0.3, 0.4) is 0 Å². The zero-order valence-electron chi connectivity index (χ0n) is 10.3. The SMILES string of the molecule is CCCCOCCN1CCNCCC1C. The first kappa shape index (κ1) is 12.9. The van der Waals surface area contributed by atoms with E-state index in [2.05, 4.69) is 24.1 Å². The van der Waals surface area contributed by atoms with Crippen LogP contribution in [0.4, 0.5) is 0 Å². The molecule has 1 fully saturated rings. The highest BCUT2D eigenvalue weighted by Crippen LogP contribution is 2.05. The molecule has 1 atom stereocenters. The van der Waals surface area contributed by atoms with E-state index in [0.717, 1.165) is 39.4 Å². The molecule has 1 aliphatic heterocycles. The van der Waals surface area contributed by atoms with E-state index in [9.17, 15) is 0 Å². The summed E-state index contributed by atoms with van der Waals surface area (Å²) in [6.45, 7) is 10.9. The van der Waals surface area contributed by atoms with E-state index in [1.807, 2.05) is 0 Å². The Labute approximate surface area is 94.2 Å². The van der Waals surface area contributed by atoms with Gasteiger partial charge < -0.3 is 10.1 Å². The van der Waals surface area contributed by atoms with Gasteiger partial charge in [-0.3, -0.25) is 4.90 Å². The Kier molecular flexibility index (Phi) is 6.98. The summed E-state index contributed by atoms with van der Waals surface area (Å²) in [5.41, 5.74) is 0. The van der Waals surface area contributed by atoms with Crippen molar-refractivity contribution in [3.63, 3.8) is 0 Å². The number of hydrogen-bond donors (Lipinski definition) is 1. The smallest absolute Gasteiger partial charge is 0.0593 e. The van der Waals surface area contributed by atoms with Crippen LogP contribution in [-0.2, 0) is 4.74 Å². The Balaban J connectivity index is 2.07. The van der Waals surface area contributed by atoms with E-state index in [1.54, 1.807) is 0 Å². The minimum atomic E-state index is 0.703. The molecule has 0 amide bonds. The topological polar surface area (TPSA) is 24.5 Å². The molecule has 1 saturated heterocycles. The molecule has 1 rings (SSSR count). The first-order valence-corrected chi connectivity index (χ1v) is 6.37. The lowest BCUT2D eigenvalue weighted by molar-refractivity contribution is 0.0906. The lowest BCUT2D eigenvalue weighted by atomic mass is 10.2. The summed E-state index contributed by atoms with van der Waals surface area (Å²) in [4.78, 5) is 2.53. The maximum Gasteiger partial charge on any atom is 0.0593 e. The van der Waals surface area contributed by atoms with Crippen molar-refractivity contribution < 1.29 is 4.74 Å². The fraction of sp³-hybridized carbons (Fsp3) is 1.00. The maximum atomic E-state index is 5.60. The maximum absolute atomic E-state index is 5.60. The van der Waals surface area contributed by atoms with Gasteiger partial charge in [0.2, 0.25) is 0 Å². The molecule has 1 aliphatic rings. The van der Waals surface area contributed by atoms with Crippen molar-refractivity contribution >= 4 is 0 Å². The standard InChI is InChI=1S/C12H26N2O/c1-3-4-10-15-11-9-14-8-7-13-6-5-12(14)2/h12-13H,3-11H2,1-2H3. The van der Waals surface area contributed by atoms with Gasteiger partial charge in [0.1, 0.15) is 0 Å². The predicted molar refractivity (Wildman–Crippen MR) is 64.2 cm³/mol. The largest absolute Gasteiger partial charge is 0.380 e.